The molecule has 2 heterocycles. The van der Waals surface area contributed by atoms with E-state index in [1.54, 1.807) is 11.3 Å². The zero-order valence-corrected chi connectivity index (χ0v) is 12.0. The van der Waals surface area contributed by atoms with Crippen molar-refractivity contribution in [1.82, 2.24) is 9.97 Å². The molecule has 2 aromatic rings. The number of halogens is 1. The van der Waals surface area contributed by atoms with Crippen molar-refractivity contribution < 1.29 is 5.11 Å². The standard InChI is InChI=1S/C13H16ClN3OS/c14-13-16-10-5-6-19-11(10)12(17-13)15-9-3-1-8(7-18)2-4-9/h5-6,8-9,18H,1-4,7H2,(H,15,16,17). The molecule has 102 valence electrons. The third kappa shape index (κ3) is 2.83. The van der Waals surface area contributed by atoms with E-state index in [0.29, 0.717) is 18.6 Å². The Morgan fingerprint density at radius 3 is 2.84 bits per heavy atom. The Hall–Kier alpha value is -0.910. The number of hydrogen-bond acceptors (Lipinski definition) is 5. The van der Waals surface area contributed by atoms with Gasteiger partial charge in [0.25, 0.3) is 0 Å². The molecule has 0 unspecified atom stereocenters. The summed E-state index contributed by atoms with van der Waals surface area (Å²) in [5, 5.41) is 14.9. The number of rotatable bonds is 3. The molecule has 0 aliphatic heterocycles. The summed E-state index contributed by atoms with van der Waals surface area (Å²) in [6.07, 6.45) is 4.28. The van der Waals surface area contributed by atoms with Crippen molar-refractivity contribution >= 4 is 39.0 Å². The Morgan fingerprint density at radius 1 is 1.32 bits per heavy atom. The van der Waals surface area contributed by atoms with Crippen molar-refractivity contribution in [2.75, 3.05) is 11.9 Å². The highest BCUT2D eigenvalue weighted by atomic mass is 35.5. The number of fused-ring (bicyclic) bond motifs is 1. The molecule has 0 bridgehead atoms. The highest BCUT2D eigenvalue weighted by Gasteiger charge is 2.21. The minimum atomic E-state index is 0.289. The lowest BCUT2D eigenvalue weighted by molar-refractivity contribution is 0.186. The van der Waals surface area contributed by atoms with Crippen LogP contribution in [0.5, 0.6) is 0 Å². The first kappa shape index (κ1) is 13.1. The van der Waals surface area contributed by atoms with Crippen LogP contribution in [0.2, 0.25) is 5.28 Å². The van der Waals surface area contributed by atoms with Crippen molar-refractivity contribution in [1.29, 1.82) is 0 Å². The Labute approximate surface area is 120 Å². The van der Waals surface area contributed by atoms with Crippen LogP contribution in [0.25, 0.3) is 10.2 Å². The number of nitrogens with zero attached hydrogens (tertiary/aromatic N) is 2. The van der Waals surface area contributed by atoms with Gasteiger partial charge in [-0.15, -0.1) is 11.3 Å². The maximum Gasteiger partial charge on any atom is 0.224 e. The minimum Gasteiger partial charge on any atom is -0.396 e. The number of anilines is 1. The maximum absolute atomic E-state index is 9.16. The van der Waals surface area contributed by atoms with Crippen LogP contribution in [-0.4, -0.2) is 27.7 Å². The van der Waals surface area contributed by atoms with E-state index >= 15 is 0 Å². The first-order chi connectivity index (χ1) is 9.26. The molecule has 0 saturated heterocycles. The first-order valence-corrected chi connectivity index (χ1v) is 7.80. The molecule has 2 N–H and O–H groups in total. The summed E-state index contributed by atoms with van der Waals surface area (Å²) in [4.78, 5) is 8.52. The smallest absolute Gasteiger partial charge is 0.224 e. The molecule has 1 aliphatic rings. The summed E-state index contributed by atoms with van der Waals surface area (Å²) in [6.45, 7) is 0.307. The molecular formula is C13H16ClN3OS. The van der Waals surface area contributed by atoms with Crippen molar-refractivity contribution in [2.24, 2.45) is 5.92 Å². The summed E-state index contributed by atoms with van der Waals surface area (Å²) >= 11 is 7.58. The van der Waals surface area contributed by atoms with Gasteiger partial charge >= 0.3 is 0 Å². The second-order valence-electron chi connectivity index (χ2n) is 5.02. The molecule has 3 rings (SSSR count). The van der Waals surface area contributed by atoms with Gasteiger partial charge in [0.2, 0.25) is 5.28 Å². The number of aliphatic hydroxyl groups excluding tert-OH is 1. The fourth-order valence-corrected chi connectivity index (χ4v) is 3.57. The zero-order valence-electron chi connectivity index (χ0n) is 10.5. The summed E-state index contributed by atoms with van der Waals surface area (Å²) in [6, 6.07) is 2.38. The predicted octanol–water partition coefficient (Wildman–Crippen LogP) is 3.31. The third-order valence-electron chi connectivity index (χ3n) is 3.72. The van der Waals surface area contributed by atoms with E-state index in [2.05, 4.69) is 15.3 Å². The van der Waals surface area contributed by atoms with Gasteiger partial charge in [-0.25, -0.2) is 4.98 Å². The van der Waals surface area contributed by atoms with E-state index in [-0.39, 0.29) is 5.28 Å². The molecule has 6 heteroatoms. The fourth-order valence-electron chi connectivity index (χ4n) is 2.62. The lowest BCUT2D eigenvalue weighted by atomic mass is 9.86. The predicted molar refractivity (Wildman–Crippen MR) is 78.9 cm³/mol. The van der Waals surface area contributed by atoms with Crippen LogP contribution in [0.3, 0.4) is 0 Å². The molecule has 1 fully saturated rings. The highest BCUT2D eigenvalue weighted by molar-refractivity contribution is 7.17. The Balaban J connectivity index is 1.76. The monoisotopic (exact) mass is 297 g/mol. The molecule has 0 amide bonds. The number of thiophene rings is 1. The number of aliphatic hydroxyl groups is 1. The summed E-state index contributed by atoms with van der Waals surface area (Å²) < 4.78 is 1.06. The van der Waals surface area contributed by atoms with Gasteiger partial charge in [0.05, 0.1) is 10.2 Å². The van der Waals surface area contributed by atoms with Crippen LogP contribution in [0.4, 0.5) is 5.82 Å². The van der Waals surface area contributed by atoms with Crippen LogP contribution in [0.1, 0.15) is 25.7 Å². The highest BCUT2D eigenvalue weighted by Crippen LogP contribution is 2.31. The van der Waals surface area contributed by atoms with Gasteiger partial charge < -0.3 is 10.4 Å². The Bertz CT molecular complexity index is 566. The first-order valence-electron chi connectivity index (χ1n) is 6.54. The van der Waals surface area contributed by atoms with Gasteiger partial charge in [0.1, 0.15) is 5.82 Å². The Kier molecular flexibility index (Phi) is 3.86. The third-order valence-corrected chi connectivity index (χ3v) is 4.80. The van der Waals surface area contributed by atoms with Crippen molar-refractivity contribution in [3.63, 3.8) is 0 Å². The van der Waals surface area contributed by atoms with Crippen molar-refractivity contribution in [2.45, 2.75) is 31.7 Å². The van der Waals surface area contributed by atoms with Crippen LogP contribution in [-0.2, 0) is 0 Å². The van der Waals surface area contributed by atoms with Gasteiger partial charge in [-0.05, 0) is 54.6 Å². The van der Waals surface area contributed by atoms with Gasteiger partial charge in [0, 0.05) is 12.6 Å². The van der Waals surface area contributed by atoms with E-state index in [4.69, 9.17) is 16.7 Å². The molecule has 4 nitrogen and oxygen atoms in total. The largest absolute Gasteiger partial charge is 0.396 e. The Morgan fingerprint density at radius 2 is 2.11 bits per heavy atom. The molecule has 0 spiro atoms. The van der Waals surface area contributed by atoms with E-state index in [1.165, 1.54) is 0 Å². The summed E-state index contributed by atoms with van der Waals surface area (Å²) in [7, 11) is 0. The molecule has 0 radical (unpaired) electrons. The van der Waals surface area contributed by atoms with Crippen LogP contribution >= 0.6 is 22.9 Å². The second-order valence-corrected chi connectivity index (χ2v) is 6.27. The van der Waals surface area contributed by atoms with Crippen LogP contribution in [0.15, 0.2) is 11.4 Å². The zero-order chi connectivity index (χ0) is 13.2. The molecule has 0 aromatic carbocycles. The molecular weight excluding hydrogens is 282 g/mol. The van der Waals surface area contributed by atoms with Crippen molar-refractivity contribution in [3.05, 3.63) is 16.7 Å². The second kappa shape index (κ2) is 5.61. The molecule has 2 aromatic heterocycles. The average molecular weight is 298 g/mol. The van der Waals surface area contributed by atoms with Gasteiger partial charge in [-0.1, -0.05) is 0 Å². The van der Waals surface area contributed by atoms with E-state index in [0.717, 1.165) is 41.7 Å². The quantitative estimate of drug-likeness (QED) is 0.854. The fraction of sp³-hybridized carbons (Fsp3) is 0.538. The maximum atomic E-state index is 9.16. The topological polar surface area (TPSA) is 58.0 Å². The molecule has 0 atom stereocenters. The number of aromatic nitrogens is 2. The lowest BCUT2D eigenvalue weighted by Crippen LogP contribution is -2.27. The normalized spacial score (nSPS) is 23.7. The van der Waals surface area contributed by atoms with E-state index in [9.17, 15) is 0 Å². The van der Waals surface area contributed by atoms with Gasteiger partial charge in [0.15, 0.2) is 0 Å². The van der Waals surface area contributed by atoms with Gasteiger partial charge in [-0.3, -0.25) is 0 Å². The van der Waals surface area contributed by atoms with Gasteiger partial charge in [-0.2, -0.15) is 4.98 Å². The summed E-state index contributed by atoms with van der Waals surface area (Å²) in [5.74, 6) is 1.31. The molecule has 1 saturated carbocycles. The average Bonchev–Trinajstić information content (AvgIpc) is 2.88. The minimum absolute atomic E-state index is 0.289. The number of hydrogen-bond donors (Lipinski definition) is 2. The van der Waals surface area contributed by atoms with Crippen LogP contribution < -0.4 is 5.32 Å². The number of nitrogens with one attached hydrogen (secondary N) is 1. The van der Waals surface area contributed by atoms with E-state index in [1.807, 2.05) is 11.4 Å². The SMILES string of the molecule is OCC1CCC(Nc2nc(Cl)nc3ccsc23)CC1. The molecule has 1 aliphatic carbocycles. The summed E-state index contributed by atoms with van der Waals surface area (Å²) in [5.41, 5.74) is 0.900. The van der Waals surface area contributed by atoms with E-state index < -0.39 is 0 Å². The van der Waals surface area contributed by atoms with Crippen LogP contribution in [0, 0.1) is 5.92 Å². The van der Waals surface area contributed by atoms with Crippen molar-refractivity contribution in [3.8, 4) is 0 Å². The lowest BCUT2D eigenvalue weighted by Gasteiger charge is -2.28. The molecule has 19 heavy (non-hydrogen) atoms.